The highest BCUT2D eigenvalue weighted by atomic mass is 28.5. The second-order valence-corrected chi connectivity index (χ2v) is 21.6. The van der Waals surface area contributed by atoms with E-state index in [-0.39, 0.29) is 46.1 Å². The smallest absolute Gasteiger partial charge is 0.351 e. The summed E-state index contributed by atoms with van der Waals surface area (Å²) in [6.45, 7) is 18.1. The first-order valence-corrected chi connectivity index (χ1v) is 18.6. The van der Waals surface area contributed by atoms with Crippen molar-refractivity contribution in [3.63, 3.8) is 0 Å². The number of aromatic nitrogens is 2. The van der Waals surface area contributed by atoms with E-state index in [2.05, 4.69) is 65.7 Å². The Bertz CT molecular complexity index is 980. The number of nitrogens with two attached hydrogens (primary N) is 1. The number of rotatable bonds is 7. The number of nitrogens with one attached hydrogen (secondary N) is 1. The van der Waals surface area contributed by atoms with E-state index < -0.39 is 23.3 Å². The average molecular weight is 567 g/mol. The summed E-state index contributed by atoms with van der Waals surface area (Å²) in [5, 5.41) is 3.42. The maximum Gasteiger partial charge on any atom is 0.351 e. The van der Waals surface area contributed by atoms with Gasteiger partial charge in [0, 0.05) is 24.7 Å². The second-order valence-electron chi connectivity index (χ2n) is 12.8. The molecule has 3 atom stereocenters. The summed E-state index contributed by atoms with van der Waals surface area (Å²) in [6.07, 6.45) is 5.44. The molecule has 0 amide bonds. The Balaban J connectivity index is 1.57. The molecule has 0 aromatic carbocycles. The van der Waals surface area contributed by atoms with Gasteiger partial charge in [-0.2, -0.15) is 4.98 Å². The van der Waals surface area contributed by atoms with Crippen molar-refractivity contribution in [1.82, 2.24) is 9.55 Å². The van der Waals surface area contributed by atoms with Gasteiger partial charge in [0.1, 0.15) is 18.1 Å². The Kier molecular flexibility index (Phi) is 9.28. The summed E-state index contributed by atoms with van der Waals surface area (Å²) in [4.78, 5) is 17.5. The number of anilines is 1. The molecule has 38 heavy (non-hydrogen) atoms. The lowest BCUT2D eigenvalue weighted by Crippen LogP contribution is -2.65. The van der Waals surface area contributed by atoms with Crippen LogP contribution in [0.25, 0.3) is 0 Å². The summed E-state index contributed by atoms with van der Waals surface area (Å²) in [5.41, 5.74) is 6.76. The lowest BCUT2D eigenvalue weighted by atomic mass is 9.92. The molecule has 4 rings (SSSR count). The number of hydrogen-bond acceptors (Lipinski definition) is 8. The molecular formula is C27H50N4O5Si2. The fourth-order valence-corrected chi connectivity index (χ4v) is 17.7. The van der Waals surface area contributed by atoms with E-state index >= 15 is 0 Å². The molecule has 11 heteroatoms. The summed E-state index contributed by atoms with van der Waals surface area (Å²) < 4.78 is 29.3. The molecule has 1 aromatic rings. The first kappa shape index (κ1) is 29.9. The van der Waals surface area contributed by atoms with Crippen LogP contribution in [-0.4, -0.2) is 57.6 Å². The Labute approximate surface area is 230 Å². The predicted octanol–water partition coefficient (Wildman–Crippen LogP) is 5.17. The van der Waals surface area contributed by atoms with Crippen LogP contribution in [0.5, 0.6) is 0 Å². The Morgan fingerprint density at radius 1 is 0.947 bits per heavy atom. The fourth-order valence-electron chi connectivity index (χ4n) is 6.49. The zero-order valence-electron chi connectivity index (χ0n) is 24.6. The monoisotopic (exact) mass is 566 g/mol. The largest absolute Gasteiger partial charge is 0.414 e. The van der Waals surface area contributed by atoms with E-state index in [4.69, 9.17) is 23.4 Å². The van der Waals surface area contributed by atoms with Crippen molar-refractivity contribution in [2.45, 2.75) is 140 Å². The van der Waals surface area contributed by atoms with Crippen molar-refractivity contribution >= 4 is 22.9 Å². The van der Waals surface area contributed by atoms with Crippen LogP contribution in [0.4, 0.5) is 5.82 Å². The molecule has 0 unspecified atom stereocenters. The minimum absolute atomic E-state index is 0.195. The molecule has 216 valence electrons. The maximum atomic E-state index is 13.1. The van der Waals surface area contributed by atoms with Crippen LogP contribution in [0.2, 0.25) is 22.2 Å². The van der Waals surface area contributed by atoms with Crippen LogP contribution < -0.4 is 16.7 Å². The summed E-state index contributed by atoms with van der Waals surface area (Å²) in [6, 6.07) is 2.46. The van der Waals surface area contributed by atoms with Gasteiger partial charge in [0.2, 0.25) is 0 Å². The fraction of sp³-hybridized carbons (Fsp3) is 0.852. The third-order valence-corrected chi connectivity index (χ3v) is 19.1. The van der Waals surface area contributed by atoms with Crippen LogP contribution in [0, 0.1) is 0 Å². The zero-order chi connectivity index (χ0) is 27.8. The summed E-state index contributed by atoms with van der Waals surface area (Å²) in [7, 11) is -5.34. The normalized spacial score (nSPS) is 31.4. The number of ether oxygens (including phenoxy) is 1. The van der Waals surface area contributed by atoms with Gasteiger partial charge >= 0.3 is 22.8 Å². The minimum atomic E-state index is -2.72. The standard InChI is InChI=1S/C27H50N4O5Si2/c1-17(2)37(18(3)4)33-16-24-23(35-38(36-37,19(5)6)20(7)8)15-26(34-24)31-14-13-25(30-27(31)32)29-22-11-9-21(28)10-12-22/h13-14,17-24,26H,9-12,15-16,28H2,1-8H3,(H,29,30,32)/t21?,22?,23-,24+,26+/m0/s1. The molecule has 2 saturated heterocycles. The van der Waals surface area contributed by atoms with E-state index in [1.165, 1.54) is 0 Å². The SMILES string of the molecule is CC(C)[Si]1(C(C)C)OC[C@H]2O[C@@H](n3ccc(NC4CCC(N)CC4)nc3=O)C[C@@H]2O[Si](C(C)C)(C(C)C)O1. The number of nitrogens with zero attached hydrogens (tertiary/aromatic N) is 2. The van der Waals surface area contributed by atoms with E-state index in [9.17, 15) is 4.79 Å². The van der Waals surface area contributed by atoms with Gasteiger partial charge in [0.25, 0.3) is 0 Å². The van der Waals surface area contributed by atoms with Gasteiger partial charge in [-0.05, 0) is 53.9 Å². The third kappa shape index (κ3) is 5.84. The Morgan fingerprint density at radius 3 is 2.11 bits per heavy atom. The van der Waals surface area contributed by atoms with Crippen molar-refractivity contribution < 1.29 is 17.7 Å². The number of hydrogen-bond donors (Lipinski definition) is 2. The van der Waals surface area contributed by atoms with Crippen molar-refractivity contribution in [3.8, 4) is 0 Å². The van der Waals surface area contributed by atoms with E-state index in [0.717, 1.165) is 25.7 Å². The molecule has 1 saturated carbocycles. The molecule has 0 bridgehead atoms. The van der Waals surface area contributed by atoms with Crippen LogP contribution in [0.15, 0.2) is 17.1 Å². The zero-order valence-corrected chi connectivity index (χ0v) is 26.6. The minimum Gasteiger partial charge on any atom is -0.414 e. The van der Waals surface area contributed by atoms with E-state index in [1.54, 1.807) is 10.8 Å². The van der Waals surface area contributed by atoms with Gasteiger partial charge in [0.15, 0.2) is 0 Å². The van der Waals surface area contributed by atoms with Crippen LogP contribution >= 0.6 is 0 Å². The Hall–Kier alpha value is -1.09. The Morgan fingerprint density at radius 2 is 1.55 bits per heavy atom. The molecular weight excluding hydrogens is 516 g/mol. The average Bonchev–Trinajstić information content (AvgIpc) is 3.21. The van der Waals surface area contributed by atoms with Crippen LogP contribution in [0.3, 0.4) is 0 Å². The molecule has 2 aliphatic heterocycles. The highest BCUT2D eigenvalue weighted by molar-refractivity contribution is 6.83. The van der Waals surface area contributed by atoms with Gasteiger partial charge in [-0.1, -0.05) is 55.4 Å². The lowest BCUT2D eigenvalue weighted by Gasteiger charge is -2.51. The molecule has 0 spiro atoms. The molecule has 0 radical (unpaired) electrons. The molecule has 1 aromatic heterocycles. The molecule has 1 aliphatic carbocycles. The van der Waals surface area contributed by atoms with E-state index in [1.807, 2.05) is 6.07 Å². The van der Waals surface area contributed by atoms with Gasteiger partial charge in [-0.25, -0.2) is 4.79 Å². The van der Waals surface area contributed by atoms with Crippen molar-refractivity contribution in [1.29, 1.82) is 0 Å². The quantitative estimate of drug-likeness (QED) is 0.435. The van der Waals surface area contributed by atoms with Gasteiger partial charge < -0.3 is 28.8 Å². The lowest BCUT2D eigenvalue weighted by molar-refractivity contribution is -0.0565. The van der Waals surface area contributed by atoms with Crippen molar-refractivity contribution in [2.24, 2.45) is 5.73 Å². The van der Waals surface area contributed by atoms with Crippen LogP contribution in [-0.2, 0) is 17.7 Å². The van der Waals surface area contributed by atoms with Gasteiger partial charge in [-0.3, -0.25) is 4.57 Å². The molecule has 3 N–H and O–H groups in total. The maximum absolute atomic E-state index is 13.1. The third-order valence-electron chi connectivity index (χ3n) is 8.79. The van der Waals surface area contributed by atoms with E-state index in [0.29, 0.717) is 24.9 Å². The van der Waals surface area contributed by atoms with Crippen LogP contribution in [0.1, 0.15) is 93.7 Å². The van der Waals surface area contributed by atoms with Gasteiger partial charge in [0.05, 0.1) is 12.7 Å². The number of fused-ring (bicyclic) bond motifs is 1. The highest BCUT2D eigenvalue weighted by Gasteiger charge is 2.60. The second kappa shape index (κ2) is 11.8. The first-order valence-electron chi connectivity index (χ1n) is 14.7. The molecule has 3 fully saturated rings. The predicted molar refractivity (Wildman–Crippen MR) is 155 cm³/mol. The van der Waals surface area contributed by atoms with Gasteiger partial charge in [-0.15, -0.1) is 0 Å². The highest BCUT2D eigenvalue weighted by Crippen LogP contribution is 2.48. The molecule has 3 heterocycles. The summed E-state index contributed by atoms with van der Waals surface area (Å²) in [5.74, 6) is 0.611. The topological polar surface area (TPSA) is 110 Å². The summed E-state index contributed by atoms with van der Waals surface area (Å²) >= 11 is 0. The van der Waals surface area contributed by atoms with Crippen molar-refractivity contribution in [3.05, 3.63) is 22.7 Å². The molecule has 3 aliphatic rings. The first-order chi connectivity index (χ1) is 17.9. The van der Waals surface area contributed by atoms with Crippen molar-refractivity contribution in [2.75, 3.05) is 11.9 Å². The molecule has 9 nitrogen and oxygen atoms in total.